The van der Waals surface area contributed by atoms with Gasteiger partial charge in [0.05, 0.1) is 0 Å². The predicted molar refractivity (Wildman–Crippen MR) is 39.1 cm³/mol. The molecular formula is C4H2Cl3NO2. The number of amides is 2. The number of carbonyl (C=O) groups is 2. The summed E-state index contributed by atoms with van der Waals surface area (Å²) in [6.07, 6.45) is 0. The van der Waals surface area contributed by atoms with E-state index in [2.05, 4.69) is 0 Å². The van der Waals surface area contributed by atoms with E-state index in [0.717, 1.165) is 0 Å². The highest BCUT2D eigenvalue weighted by Gasteiger charge is 2.26. The van der Waals surface area contributed by atoms with Gasteiger partial charge in [-0.05, 0) is 0 Å². The van der Waals surface area contributed by atoms with Crippen molar-refractivity contribution in [3.63, 3.8) is 0 Å². The van der Waals surface area contributed by atoms with Gasteiger partial charge in [0.15, 0.2) is 0 Å². The van der Waals surface area contributed by atoms with Crippen LogP contribution in [0.3, 0.4) is 0 Å². The molecule has 0 aromatic rings. The van der Waals surface area contributed by atoms with Crippen molar-refractivity contribution in [2.75, 3.05) is 0 Å². The second-order valence-electron chi connectivity index (χ2n) is 1.41. The molecule has 0 aliphatic carbocycles. The zero-order valence-corrected chi connectivity index (χ0v) is 6.81. The number of hydrogen-bond acceptors (Lipinski definition) is 2. The van der Waals surface area contributed by atoms with Crippen LogP contribution in [0.1, 0.15) is 0 Å². The molecule has 1 rings (SSSR count). The van der Waals surface area contributed by atoms with Crippen molar-refractivity contribution in [2.24, 2.45) is 0 Å². The molecule has 0 spiro atoms. The molecule has 0 fully saturated rings. The third kappa shape index (κ3) is 1.42. The van der Waals surface area contributed by atoms with Crippen LogP contribution < -0.4 is 5.32 Å². The summed E-state index contributed by atoms with van der Waals surface area (Å²) in [5.74, 6) is -1.27. The molecule has 0 saturated carbocycles. The minimum absolute atomic E-state index is 0. The number of nitrogens with one attached hydrogen (secondary N) is 1. The largest absolute Gasteiger partial charge is 0.287 e. The summed E-state index contributed by atoms with van der Waals surface area (Å²) in [4.78, 5) is 20.8. The van der Waals surface area contributed by atoms with E-state index in [9.17, 15) is 9.59 Å². The quantitative estimate of drug-likeness (QED) is 0.589. The monoisotopic (exact) mass is 201 g/mol. The van der Waals surface area contributed by atoms with Crippen LogP contribution in [0, 0.1) is 0 Å². The van der Waals surface area contributed by atoms with Crippen LogP contribution in [-0.4, -0.2) is 11.8 Å². The van der Waals surface area contributed by atoms with Crippen LogP contribution in [-0.2, 0) is 9.59 Å². The van der Waals surface area contributed by atoms with E-state index in [0.29, 0.717) is 0 Å². The van der Waals surface area contributed by atoms with Gasteiger partial charge in [-0.3, -0.25) is 14.9 Å². The Kier molecular flexibility index (Phi) is 3.15. The Morgan fingerprint density at radius 1 is 1.00 bits per heavy atom. The first-order valence-corrected chi connectivity index (χ1v) is 2.79. The molecule has 0 aromatic carbocycles. The third-order valence-electron chi connectivity index (χ3n) is 0.818. The lowest BCUT2D eigenvalue weighted by Crippen LogP contribution is -2.21. The first kappa shape index (κ1) is 9.75. The van der Waals surface area contributed by atoms with E-state index in [4.69, 9.17) is 23.2 Å². The maximum absolute atomic E-state index is 10.4. The van der Waals surface area contributed by atoms with Crippen molar-refractivity contribution >= 4 is 47.4 Å². The smallest absolute Gasteiger partial charge is 0.271 e. The summed E-state index contributed by atoms with van der Waals surface area (Å²) in [5.41, 5.74) is 0. The zero-order chi connectivity index (χ0) is 7.02. The fraction of sp³-hybridized carbons (Fsp3) is 0. The van der Waals surface area contributed by atoms with E-state index in [1.807, 2.05) is 5.32 Å². The zero-order valence-electron chi connectivity index (χ0n) is 4.48. The van der Waals surface area contributed by atoms with E-state index in [-0.39, 0.29) is 22.5 Å². The molecule has 1 N–H and O–H groups in total. The van der Waals surface area contributed by atoms with Gasteiger partial charge in [-0.25, -0.2) is 0 Å². The molecule has 1 aliphatic heterocycles. The second kappa shape index (κ2) is 3.23. The molecule has 0 radical (unpaired) electrons. The minimum Gasteiger partial charge on any atom is -0.287 e. The van der Waals surface area contributed by atoms with Gasteiger partial charge in [-0.2, -0.15) is 0 Å². The molecule has 6 heteroatoms. The van der Waals surface area contributed by atoms with Crippen molar-refractivity contribution in [2.45, 2.75) is 0 Å². The normalized spacial score (nSPS) is 17.0. The SMILES string of the molecule is Cl.O=C1NC(=O)C(Cl)=C1Cl. The van der Waals surface area contributed by atoms with Crippen molar-refractivity contribution in [1.82, 2.24) is 5.32 Å². The lowest BCUT2D eigenvalue weighted by Gasteiger charge is -1.83. The molecule has 56 valence electrons. The Hall–Kier alpha value is -0.250. The number of hydrogen-bond donors (Lipinski definition) is 1. The van der Waals surface area contributed by atoms with E-state index >= 15 is 0 Å². The van der Waals surface area contributed by atoms with Gasteiger partial charge < -0.3 is 0 Å². The maximum Gasteiger partial charge on any atom is 0.271 e. The van der Waals surface area contributed by atoms with Crippen molar-refractivity contribution in [3.05, 3.63) is 10.1 Å². The fourth-order valence-electron chi connectivity index (χ4n) is 0.412. The van der Waals surface area contributed by atoms with Crippen LogP contribution in [0.15, 0.2) is 10.1 Å². The topological polar surface area (TPSA) is 46.2 Å². The molecule has 0 bridgehead atoms. The lowest BCUT2D eigenvalue weighted by molar-refractivity contribution is -0.123. The van der Waals surface area contributed by atoms with Crippen LogP contribution in [0.4, 0.5) is 0 Å². The summed E-state index contributed by atoms with van der Waals surface area (Å²) < 4.78 is 0. The highest BCUT2D eigenvalue weighted by molar-refractivity contribution is 6.58. The number of carbonyl (C=O) groups excluding carboxylic acids is 2. The Bertz CT molecular complexity index is 201. The number of halogens is 3. The third-order valence-corrected chi connectivity index (χ3v) is 1.64. The Morgan fingerprint density at radius 2 is 1.30 bits per heavy atom. The van der Waals surface area contributed by atoms with Gasteiger partial charge >= 0.3 is 0 Å². The van der Waals surface area contributed by atoms with Crippen LogP contribution >= 0.6 is 35.6 Å². The van der Waals surface area contributed by atoms with Crippen LogP contribution in [0.25, 0.3) is 0 Å². The molecule has 1 aliphatic rings. The van der Waals surface area contributed by atoms with Gasteiger partial charge in [0.25, 0.3) is 11.8 Å². The van der Waals surface area contributed by atoms with E-state index in [1.54, 1.807) is 0 Å². The molecular weight excluding hydrogens is 200 g/mol. The maximum atomic E-state index is 10.4. The fourth-order valence-corrected chi connectivity index (χ4v) is 0.678. The average molecular weight is 202 g/mol. The summed E-state index contributed by atoms with van der Waals surface area (Å²) in [7, 11) is 0. The molecule has 0 unspecified atom stereocenters. The van der Waals surface area contributed by atoms with Crippen molar-refractivity contribution in [3.8, 4) is 0 Å². The van der Waals surface area contributed by atoms with Crippen LogP contribution in [0.5, 0.6) is 0 Å². The van der Waals surface area contributed by atoms with E-state index in [1.165, 1.54) is 0 Å². The molecule has 2 amide bonds. The summed E-state index contributed by atoms with van der Waals surface area (Å²) in [6.45, 7) is 0. The molecule has 0 aromatic heterocycles. The summed E-state index contributed by atoms with van der Waals surface area (Å²) in [5, 5.41) is 1.43. The Balaban J connectivity index is 0.000000810. The first-order chi connectivity index (χ1) is 4.13. The Morgan fingerprint density at radius 3 is 1.40 bits per heavy atom. The predicted octanol–water partition coefficient (Wildman–Crippen LogP) is 0.754. The van der Waals surface area contributed by atoms with Gasteiger partial charge in [0, 0.05) is 0 Å². The highest BCUT2D eigenvalue weighted by atomic mass is 35.5. The molecule has 10 heavy (non-hydrogen) atoms. The van der Waals surface area contributed by atoms with Gasteiger partial charge in [-0.1, -0.05) is 23.2 Å². The molecule has 1 heterocycles. The van der Waals surface area contributed by atoms with Crippen molar-refractivity contribution in [1.29, 1.82) is 0 Å². The van der Waals surface area contributed by atoms with Gasteiger partial charge in [0.1, 0.15) is 10.1 Å². The molecule has 0 saturated heterocycles. The Labute approximate surface area is 72.8 Å². The number of rotatable bonds is 0. The highest BCUT2D eigenvalue weighted by Crippen LogP contribution is 2.18. The van der Waals surface area contributed by atoms with Gasteiger partial charge in [-0.15, -0.1) is 12.4 Å². The minimum atomic E-state index is -0.633. The average Bonchev–Trinajstić information content (AvgIpc) is 1.98. The van der Waals surface area contributed by atoms with Crippen LogP contribution in [0.2, 0.25) is 0 Å². The van der Waals surface area contributed by atoms with E-state index < -0.39 is 11.8 Å². The summed E-state index contributed by atoms with van der Waals surface area (Å²) in [6, 6.07) is 0. The first-order valence-electron chi connectivity index (χ1n) is 2.04. The van der Waals surface area contributed by atoms with Crippen molar-refractivity contribution < 1.29 is 9.59 Å². The standard InChI is InChI=1S/C4HCl2NO2.ClH/c5-1-2(6)4(9)7-3(1)8;/h(H,7,8,9);1H. The number of imide groups is 1. The molecule has 3 nitrogen and oxygen atoms in total. The molecule has 0 atom stereocenters. The lowest BCUT2D eigenvalue weighted by atomic mass is 10.5. The van der Waals surface area contributed by atoms with Gasteiger partial charge in [0.2, 0.25) is 0 Å². The summed E-state index contributed by atoms with van der Waals surface area (Å²) >= 11 is 10.4. The second-order valence-corrected chi connectivity index (χ2v) is 2.17.